The second kappa shape index (κ2) is 17.4. The summed E-state index contributed by atoms with van der Waals surface area (Å²) >= 11 is 12.4. The van der Waals surface area contributed by atoms with E-state index in [1.807, 2.05) is 6.92 Å². The van der Waals surface area contributed by atoms with Crippen LogP contribution in [0.2, 0.25) is 0 Å². The minimum Gasteiger partial charge on any atom is -0.347 e. The van der Waals surface area contributed by atoms with E-state index in [0.717, 1.165) is 38.5 Å². The molecule has 2 saturated carbocycles. The molecule has 280 valence electrons. The molecule has 1 unspecified atom stereocenters. The van der Waals surface area contributed by atoms with Crippen LogP contribution >= 0.6 is 23.2 Å². The topological polar surface area (TPSA) is 171 Å². The van der Waals surface area contributed by atoms with Crippen LogP contribution in [-0.4, -0.2) is 94.9 Å². The van der Waals surface area contributed by atoms with Crippen LogP contribution in [0.4, 0.5) is 4.79 Å². The van der Waals surface area contributed by atoms with Crippen molar-refractivity contribution in [1.29, 1.82) is 0 Å². The maximum atomic E-state index is 14.5. The van der Waals surface area contributed by atoms with E-state index in [0.29, 0.717) is 32.1 Å². The summed E-state index contributed by atoms with van der Waals surface area (Å²) in [6.45, 7) is 10.5. The van der Waals surface area contributed by atoms with Crippen LogP contribution in [0.15, 0.2) is 0 Å². The Morgan fingerprint density at radius 3 is 2.08 bits per heavy atom. The summed E-state index contributed by atoms with van der Waals surface area (Å²) in [4.78, 5) is 68.2. The van der Waals surface area contributed by atoms with Gasteiger partial charge in [-0.15, -0.1) is 23.2 Å². The molecule has 3 aliphatic rings. The van der Waals surface area contributed by atoms with E-state index >= 15 is 0 Å². The average Bonchev–Trinajstić information content (AvgIpc) is 3.77. The first-order valence-electron chi connectivity index (χ1n) is 17.9. The Morgan fingerprint density at radius 2 is 1.57 bits per heavy atom. The normalized spacial score (nSPS) is 22.7. The minimum atomic E-state index is -3.39. The zero-order chi connectivity index (χ0) is 36.7. The molecular weight excluding hydrogens is 693 g/mol. The van der Waals surface area contributed by atoms with Gasteiger partial charge in [0.1, 0.15) is 16.9 Å². The lowest BCUT2D eigenvalue weighted by Gasteiger charge is -2.43. The number of carbonyl (C=O) groups is 5. The largest absolute Gasteiger partial charge is 0.347 e. The SMILES string of the molecule is CCCC[C@H](NC(=O)[C@H](C)N(C[C@@H](C)C(Cl)Cl)C(=O)[C@@H](NC(=O)NC1(C2CCCS2(=O)=O)CCCCC1)C(C)(C)C)C(=O)C(=O)NC1CC1. The molecule has 0 aromatic rings. The van der Waals surface area contributed by atoms with Crippen molar-refractivity contribution in [2.45, 2.75) is 158 Å². The lowest BCUT2D eigenvalue weighted by molar-refractivity contribution is -0.145. The van der Waals surface area contributed by atoms with Gasteiger partial charge in [0.15, 0.2) is 9.84 Å². The molecule has 0 bridgehead atoms. The molecule has 1 heterocycles. The molecule has 49 heavy (non-hydrogen) atoms. The lowest BCUT2D eigenvalue weighted by Crippen LogP contribution is -2.65. The fraction of sp³-hybridized carbons (Fsp3) is 0.853. The molecule has 3 rings (SSSR count). The maximum Gasteiger partial charge on any atom is 0.315 e. The number of urea groups is 1. The Bertz CT molecular complexity index is 1310. The van der Waals surface area contributed by atoms with Crippen molar-refractivity contribution in [1.82, 2.24) is 26.2 Å². The molecule has 0 spiro atoms. The third kappa shape index (κ3) is 11.2. The quantitative estimate of drug-likeness (QED) is 0.136. The predicted molar refractivity (Wildman–Crippen MR) is 191 cm³/mol. The number of hydrogen-bond donors (Lipinski definition) is 4. The molecule has 15 heteroatoms. The van der Waals surface area contributed by atoms with Crippen LogP contribution in [0, 0.1) is 11.3 Å². The van der Waals surface area contributed by atoms with Crippen molar-refractivity contribution in [3.63, 3.8) is 0 Å². The number of nitrogens with one attached hydrogen (secondary N) is 4. The highest BCUT2D eigenvalue weighted by molar-refractivity contribution is 7.92. The smallest absolute Gasteiger partial charge is 0.315 e. The van der Waals surface area contributed by atoms with Crippen molar-refractivity contribution in [2.75, 3.05) is 12.3 Å². The third-order valence-corrected chi connectivity index (χ3v) is 13.4. The molecule has 1 aliphatic heterocycles. The summed E-state index contributed by atoms with van der Waals surface area (Å²) in [6, 6.07) is -4.02. The van der Waals surface area contributed by atoms with Crippen LogP contribution in [0.3, 0.4) is 0 Å². The summed E-state index contributed by atoms with van der Waals surface area (Å²) in [5.74, 6) is -3.07. The van der Waals surface area contributed by atoms with Crippen molar-refractivity contribution in [2.24, 2.45) is 11.3 Å². The van der Waals surface area contributed by atoms with E-state index in [2.05, 4.69) is 21.3 Å². The van der Waals surface area contributed by atoms with Gasteiger partial charge in [-0.3, -0.25) is 19.2 Å². The number of carbonyl (C=O) groups excluding carboxylic acids is 5. The van der Waals surface area contributed by atoms with E-state index in [-0.39, 0.29) is 24.8 Å². The number of Topliss-reactive ketones (excluding diaryl/α,β-unsaturated/α-hetero) is 1. The predicted octanol–water partition coefficient (Wildman–Crippen LogP) is 4.16. The van der Waals surface area contributed by atoms with E-state index in [9.17, 15) is 32.4 Å². The first kappa shape index (κ1) is 41.3. The van der Waals surface area contributed by atoms with E-state index in [4.69, 9.17) is 23.2 Å². The molecule has 3 fully saturated rings. The standard InChI is InChI=1S/C34H57Cl2N5O7S/c1-7-8-13-24(26(42)30(44)37-23-15-16-23)38-29(43)22(3)41(20-21(2)28(35)36)31(45)27(33(4,5)6)39-32(46)40-34(17-10-9-11-18-34)25-14-12-19-49(25,47)48/h21-25,27-28H,7-20H2,1-6H3,(H,37,44)(H,38,43)(H2,39,40,46)/t21-,22+,24+,25?,27-/m1/s1. The fourth-order valence-electron chi connectivity index (χ4n) is 6.91. The van der Waals surface area contributed by atoms with Gasteiger partial charge in [-0.2, -0.15) is 0 Å². The molecule has 4 N–H and O–H groups in total. The van der Waals surface area contributed by atoms with Crippen LogP contribution < -0.4 is 21.3 Å². The molecule has 0 aromatic carbocycles. The van der Waals surface area contributed by atoms with Crippen molar-refractivity contribution in [3.05, 3.63) is 0 Å². The zero-order valence-electron chi connectivity index (χ0n) is 29.9. The first-order valence-corrected chi connectivity index (χ1v) is 20.5. The van der Waals surface area contributed by atoms with Crippen LogP contribution in [0.5, 0.6) is 0 Å². The number of rotatable bonds is 16. The molecule has 5 atom stereocenters. The Morgan fingerprint density at radius 1 is 0.939 bits per heavy atom. The van der Waals surface area contributed by atoms with E-state index < -0.39 is 84.5 Å². The molecule has 1 saturated heterocycles. The second-order valence-electron chi connectivity index (χ2n) is 15.4. The number of unbranched alkanes of at least 4 members (excludes halogenated alkanes) is 1. The Labute approximate surface area is 302 Å². The highest BCUT2D eigenvalue weighted by Crippen LogP contribution is 2.39. The summed E-state index contributed by atoms with van der Waals surface area (Å²) in [5, 5.41) is 10.6. The summed E-state index contributed by atoms with van der Waals surface area (Å²) < 4.78 is 26.1. The average molecular weight is 751 g/mol. The van der Waals surface area contributed by atoms with Gasteiger partial charge in [-0.1, -0.05) is 66.7 Å². The lowest BCUT2D eigenvalue weighted by atomic mass is 9.78. The monoisotopic (exact) mass is 749 g/mol. The van der Waals surface area contributed by atoms with Gasteiger partial charge < -0.3 is 26.2 Å². The Hall–Kier alpha value is -2.12. The van der Waals surface area contributed by atoms with Crippen LogP contribution in [0.1, 0.15) is 119 Å². The molecule has 0 aromatic heterocycles. The molecule has 2 aliphatic carbocycles. The number of hydrogen-bond acceptors (Lipinski definition) is 7. The number of ketones is 1. The first-order chi connectivity index (χ1) is 22.8. The van der Waals surface area contributed by atoms with Crippen molar-refractivity contribution < 1.29 is 32.4 Å². The highest BCUT2D eigenvalue weighted by atomic mass is 35.5. The van der Waals surface area contributed by atoms with Crippen molar-refractivity contribution in [3.8, 4) is 0 Å². The van der Waals surface area contributed by atoms with Crippen LogP contribution in [0.25, 0.3) is 0 Å². The Balaban J connectivity index is 1.86. The van der Waals surface area contributed by atoms with Crippen molar-refractivity contribution >= 4 is 62.6 Å². The van der Waals surface area contributed by atoms with Gasteiger partial charge >= 0.3 is 6.03 Å². The third-order valence-electron chi connectivity index (χ3n) is 10.1. The van der Waals surface area contributed by atoms with Gasteiger partial charge in [0.2, 0.25) is 17.6 Å². The summed E-state index contributed by atoms with van der Waals surface area (Å²) in [7, 11) is -3.39. The minimum absolute atomic E-state index is 0.0267. The highest BCUT2D eigenvalue weighted by Gasteiger charge is 2.50. The van der Waals surface area contributed by atoms with Gasteiger partial charge in [-0.05, 0) is 57.3 Å². The van der Waals surface area contributed by atoms with Gasteiger partial charge in [0.05, 0.1) is 22.6 Å². The fourth-order valence-corrected chi connectivity index (χ4v) is 9.43. The van der Waals surface area contributed by atoms with Gasteiger partial charge in [0, 0.05) is 18.5 Å². The molecule has 5 amide bonds. The zero-order valence-corrected chi connectivity index (χ0v) is 32.2. The molecule has 0 radical (unpaired) electrons. The van der Waals surface area contributed by atoms with E-state index in [1.165, 1.54) is 11.8 Å². The number of sulfone groups is 1. The maximum absolute atomic E-state index is 14.5. The molecular formula is C34H57Cl2N5O7S. The Kier molecular flexibility index (Phi) is 14.7. The van der Waals surface area contributed by atoms with Gasteiger partial charge in [-0.25, -0.2) is 13.2 Å². The number of amides is 5. The molecule has 12 nitrogen and oxygen atoms in total. The van der Waals surface area contributed by atoms with Gasteiger partial charge in [0.25, 0.3) is 5.91 Å². The number of nitrogens with zero attached hydrogens (tertiary/aromatic N) is 1. The summed E-state index contributed by atoms with van der Waals surface area (Å²) in [6.07, 6.45) is 7.81. The number of halogens is 2. The summed E-state index contributed by atoms with van der Waals surface area (Å²) in [5.41, 5.74) is -1.77. The van der Waals surface area contributed by atoms with Crippen LogP contribution in [-0.2, 0) is 29.0 Å². The van der Waals surface area contributed by atoms with E-state index in [1.54, 1.807) is 27.7 Å². The second-order valence-corrected chi connectivity index (χ2v) is 18.9. The number of alkyl halides is 2.